The molecule has 1 aromatic rings. The lowest BCUT2D eigenvalue weighted by molar-refractivity contribution is -0.136. The maximum atomic E-state index is 13.4. The predicted molar refractivity (Wildman–Crippen MR) is 136 cm³/mol. The van der Waals surface area contributed by atoms with Crippen LogP contribution in [0.1, 0.15) is 70.2 Å². The van der Waals surface area contributed by atoms with Crippen molar-refractivity contribution in [2.45, 2.75) is 71.4 Å². The monoisotopic (exact) mass is 502 g/mol. The molecular formula is C27H42N4O5. The fourth-order valence-corrected chi connectivity index (χ4v) is 6.15. The smallest absolute Gasteiger partial charge is 0.409 e. The summed E-state index contributed by atoms with van der Waals surface area (Å²) in [5.41, 5.74) is -0.576. The van der Waals surface area contributed by atoms with Crippen LogP contribution in [0.25, 0.3) is 6.20 Å². The predicted octanol–water partition coefficient (Wildman–Crippen LogP) is 3.78. The first-order valence-corrected chi connectivity index (χ1v) is 13.1. The van der Waals surface area contributed by atoms with E-state index in [1.165, 1.54) is 4.90 Å². The second-order valence-electron chi connectivity index (χ2n) is 12.5. The molecule has 2 unspecified atom stereocenters. The van der Waals surface area contributed by atoms with E-state index in [9.17, 15) is 14.7 Å². The third-order valence-corrected chi connectivity index (χ3v) is 7.69. The molecule has 0 aliphatic heterocycles. The van der Waals surface area contributed by atoms with Crippen molar-refractivity contribution in [3.8, 4) is 5.88 Å². The van der Waals surface area contributed by atoms with Crippen molar-refractivity contribution in [3.05, 3.63) is 17.8 Å². The maximum absolute atomic E-state index is 13.4. The molecule has 1 aromatic heterocycles. The fourth-order valence-electron chi connectivity index (χ4n) is 6.15. The third kappa shape index (κ3) is 5.88. The zero-order valence-electron chi connectivity index (χ0n) is 22.5. The summed E-state index contributed by atoms with van der Waals surface area (Å²) in [7, 11) is 3.29. The number of nitrogens with zero attached hydrogens (tertiary/aromatic N) is 3. The van der Waals surface area contributed by atoms with Gasteiger partial charge in [-0.1, -0.05) is 33.8 Å². The van der Waals surface area contributed by atoms with E-state index in [1.54, 1.807) is 31.2 Å². The van der Waals surface area contributed by atoms with Crippen LogP contribution < -0.4 is 10.1 Å². The number of carbonyl (C=O) groups is 2. The zero-order chi connectivity index (χ0) is 26.3. The highest BCUT2D eigenvalue weighted by Crippen LogP contribution is 2.55. The Morgan fingerprint density at radius 2 is 1.94 bits per heavy atom. The van der Waals surface area contributed by atoms with E-state index in [4.69, 9.17) is 9.47 Å². The van der Waals surface area contributed by atoms with Crippen molar-refractivity contribution in [1.29, 1.82) is 0 Å². The average molecular weight is 503 g/mol. The first-order valence-electron chi connectivity index (χ1n) is 13.1. The summed E-state index contributed by atoms with van der Waals surface area (Å²) in [6, 6.07) is 0.0801. The lowest BCUT2D eigenvalue weighted by Crippen LogP contribution is -2.61. The van der Waals surface area contributed by atoms with Gasteiger partial charge in [-0.2, -0.15) is 5.10 Å². The van der Waals surface area contributed by atoms with Gasteiger partial charge in [0.15, 0.2) is 0 Å². The Balaban J connectivity index is 1.48. The normalized spacial score (nSPS) is 29.1. The summed E-state index contributed by atoms with van der Waals surface area (Å²) in [4.78, 5) is 26.6. The molecule has 9 nitrogen and oxygen atoms in total. The third-order valence-electron chi connectivity index (χ3n) is 7.69. The van der Waals surface area contributed by atoms with E-state index in [2.05, 4.69) is 24.3 Å². The summed E-state index contributed by atoms with van der Waals surface area (Å²) in [5.74, 6) is 1.73. The molecule has 0 radical (unpaired) electrons. The molecule has 200 valence electrons. The van der Waals surface area contributed by atoms with Crippen molar-refractivity contribution in [2.24, 2.45) is 29.1 Å². The number of hydrogen-bond acceptors (Lipinski definition) is 6. The van der Waals surface area contributed by atoms with Crippen LogP contribution >= 0.6 is 0 Å². The topological polar surface area (TPSA) is 106 Å². The van der Waals surface area contributed by atoms with Gasteiger partial charge in [-0.15, -0.1) is 0 Å². The second-order valence-corrected chi connectivity index (χ2v) is 12.5. The van der Waals surface area contributed by atoms with E-state index in [0.29, 0.717) is 35.8 Å². The Morgan fingerprint density at radius 1 is 1.28 bits per heavy atom. The number of aliphatic hydroxyl groups is 1. The molecule has 0 spiro atoms. The Hall–Kier alpha value is -2.55. The van der Waals surface area contributed by atoms with Gasteiger partial charge in [-0.05, 0) is 55.8 Å². The van der Waals surface area contributed by atoms with Crippen LogP contribution in [-0.2, 0) is 4.74 Å². The van der Waals surface area contributed by atoms with Crippen molar-refractivity contribution >= 4 is 18.2 Å². The molecular weight excluding hydrogens is 460 g/mol. The number of nitrogens with one attached hydrogen (secondary N) is 1. The molecule has 4 aliphatic carbocycles. The number of carbonyl (C=O) groups excluding carboxylic acids is 2. The number of ether oxygens (including phenoxy) is 2. The Bertz CT molecular complexity index is 982. The van der Waals surface area contributed by atoms with Gasteiger partial charge < -0.3 is 24.8 Å². The molecule has 9 heteroatoms. The van der Waals surface area contributed by atoms with Crippen LogP contribution in [-0.4, -0.2) is 70.7 Å². The highest BCUT2D eigenvalue weighted by atomic mass is 16.6. The summed E-state index contributed by atoms with van der Waals surface area (Å²) in [6.07, 6.45) is 9.43. The first kappa shape index (κ1) is 26.5. The summed E-state index contributed by atoms with van der Waals surface area (Å²) < 4.78 is 13.0. The fraction of sp³-hybridized carbons (Fsp3) is 0.741. The zero-order valence-corrected chi connectivity index (χ0v) is 22.5. The van der Waals surface area contributed by atoms with Gasteiger partial charge in [0.25, 0.3) is 5.91 Å². The SMILES string of the molecule is CC(C)COc1c(C(=O)NC2C3CC4CC2CC(O)(C4)C3)cnn1C=CC(C)(C)COC(=O)N(C)C. The molecule has 4 saturated carbocycles. The summed E-state index contributed by atoms with van der Waals surface area (Å²) in [5, 5.41) is 18.6. The number of hydrogen-bond donors (Lipinski definition) is 2. The van der Waals surface area contributed by atoms with Gasteiger partial charge in [-0.3, -0.25) is 4.79 Å². The standard InChI is InChI=1S/C27H42N4O5/c1-17(2)15-35-24-21(14-28-31(24)8-7-26(3,4)16-36-25(33)30(5)6)23(32)29-22-19-9-18-10-20(22)13-27(34,11-18)12-19/h7-8,14,17-20,22,34H,9-13,15-16H2,1-6H3,(H,29,32). The van der Waals surface area contributed by atoms with E-state index in [0.717, 1.165) is 32.1 Å². The minimum absolute atomic E-state index is 0.0801. The largest absolute Gasteiger partial charge is 0.477 e. The van der Waals surface area contributed by atoms with Gasteiger partial charge >= 0.3 is 6.09 Å². The molecule has 2 atom stereocenters. The molecule has 2 N–H and O–H groups in total. The van der Waals surface area contributed by atoms with Gasteiger partial charge in [0.05, 0.1) is 18.4 Å². The number of rotatable bonds is 9. The van der Waals surface area contributed by atoms with Gasteiger partial charge in [0.2, 0.25) is 5.88 Å². The van der Waals surface area contributed by atoms with E-state index < -0.39 is 17.1 Å². The van der Waals surface area contributed by atoms with Gasteiger partial charge in [0, 0.05) is 31.8 Å². The highest BCUT2D eigenvalue weighted by Gasteiger charge is 2.55. The van der Waals surface area contributed by atoms with E-state index >= 15 is 0 Å². The van der Waals surface area contributed by atoms with E-state index in [1.807, 2.05) is 19.9 Å². The van der Waals surface area contributed by atoms with Crippen molar-refractivity contribution < 1.29 is 24.2 Å². The quantitative estimate of drug-likeness (QED) is 0.532. The lowest BCUT2D eigenvalue weighted by atomic mass is 9.52. The van der Waals surface area contributed by atoms with Gasteiger partial charge in [0.1, 0.15) is 12.2 Å². The van der Waals surface area contributed by atoms with Crippen LogP contribution in [0.15, 0.2) is 12.3 Å². The molecule has 4 fully saturated rings. The molecule has 36 heavy (non-hydrogen) atoms. The molecule has 0 saturated heterocycles. The number of aromatic nitrogens is 2. The Labute approximate surface area is 214 Å². The van der Waals surface area contributed by atoms with Crippen molar-refractivity contribution in [2.75, 3.05) is 27.3 Å². The molecule has 2 amide bonds. The van der Waals surface area contributed by atoms with Crippen LogP contribution in [0.2, 0.25) is 0 Å². The Kier molecular flexibility index (Phi) is 7.42. The minimum Gasteiger partial charge on any atom is -0.477 e. The van der Waals surface area contributed by atoms with Crippen LogP contribution in [0.3, 0.4) is 0 Å². The summed E-state index contributed by atoms with van der Waals surface area (Å²) in [6.45, 7) is 8.68. The van der Waals surface area contributed by atoms with Crippen molar-refractivity contribution in [1.82, 2.24) is 20.0 Å². The maximum Gasteiger partial charge on any atom is 0.409 e. The van der Waals surface area contributed by atoms with Crippen LogP contribution in [0.5, 0.6) is 5.88 Å². The van der Waals surface area contributed by atoms with E-state index in [-0.39, 0.29) is 24.5 Å². The molecule has 0 aromatic carbocycles. The van der Waals surface area contributed by atoms with Gasteiger partial charge in [-0.25, -0.2) is 9.48 Å². The molecule has 5 rings (SSSR count). The highest BCUT2D eigenvalue weighted by molar-refractivity contribution is 5.96. The second kappa shape index (κ2) is 10.1. The molecule has 4 aliphatic rings. The minimum atomic E-state index is -0.535. The Morgan fingerprint density at radius 3 is 2.53 bits per heavy atom. The van der Waals surface area contributed by atoms with Crippen LogP contribution in [0, 0.1) is 29.1 Å². The first-order chi connectivity index (χ1) is 16.9. The van der Waals surface area contributed by atoms with Crippen LogP contribution in [0.4, 0.5) is 4.79 Å². The summed E-state index contributed by atoms with van der Waals surface area (Å²) >= 11 is 0. The number of amides is 2. The molecule has 1 heterocycles. The molecule has 4 bridgehead atoms. The van der Waals surface area contributed by atoms with Crippen molar-refractivity contribution in [3.63, 3.8) is 0 Å². The lowest BCUT2D eigenvalue weighted by Gasteiger charge is -2.58. The average Bonchev–Trinajstić information content (AvgIpc) is 3.19.